The van der Waals surface area contributed by atoms with Crippen LogP contribution in [-0.4, -0.2) is 24.5 Å². The molecule has 23 heavy (non-hydrogen) atoms. The first-order valence-electron chi connectivity index (χ1n) is 7.61. The van der Waals surface area contributed by atoms with Crippen molar-refractivity contribution in [3.8, 4) is 0 Å². The number of hydrogen-bond acceptors (Lipinski definition) is 5. The molecule has 0 spiro atoms. The standard InChI is InChI=1S/C16H20N6S/c1-2-21-9-8-14(20-21)12-23-16-19-18-15(10-17)22(16)11-13-6-4-3-5-7-13/h3-9H,2,10-12,17H2,1H3. The first-order chi connectivity index (χ1) is 11.3. The maximum Gasteiger partial charge on any atom is 0.191 e. The monoisotopic (exact) mass is 328 g/mol. The zero-order chi connectivity index (χ0) is 16.1. The van der Waals surface area contributed by atoms with Gasteiger partial charge in [0.1, 0.15) is 5.82 Å². The predicted octanol–water partition coefficient (Wildman–Crippen LogP) is 2.29. The Bertz CT molecular complexity index is 749. The van der Waals surface area contributed by atoms with E-state index in [4.69, 9.17) is 5.73 Å². The van der Waals surface area contributed by atoms with Crippen LogP contribution in [-0.2, 0) is 25.4 Å². The van der Waals surface area contributed by atoms with Gasteiger partial charge in [-0.3, -0.25) is 4.68 Å². The average Bonchev–Trinajstić information content (AvgIpc) is 3.20. The fourth-order valence-electron chi connectivity index (χ4n) is 2.30. The maximum atomic E-state index is 5.80. The highest BCUT2D eigenvalue weighted by Crippen LogP contribution is 2.22. The number of thioether (sulfide) groups is 1. The van der Waals surface area contributed by atoms with E-state index in [9.17, 15) is 0 Å². The van der Waals surface area contributed by atoms with E-state index in [1.807, 2.05) is 35.1 Å². The molecule has 0 saturated heterocycles. The van der Waals surface area contributed by atoms with E-state index in [0.29, 0.717) is 6.54 Å². The van der Waals surface area contributed by atoms with Gasteiger partial charge in [0.05, 0.1) is 18.8 Å². The third-order valence-electron chi connectivity index (χ3n) is 3.53. The molecule has 0 radical (unpaired) electrons. The Morgan fingerprint density at radius 2 is 1.96 bits per heavy atom. The van der Waals surface area contributed by atoms with E-state index >= 15 is 0 Å². The van der Waals surface area contributed by atoms with E-state index < -0.39 is 0 Å². The van der Waals surface area contributed by atoms with Crippen molar-refractivity contribution >= 4 is 11.8 Å². The molecule has 3 aromatic rings. The van der Waals surface area contributed by atoms with E-state index in [1.54, 1.807) is 11.8 Å². The summed E-state index contributed by atoms with van der Waals surface area (Å²) in [5.41, 5.74) is 8.05. The molecule has 3 rings (SSSR count). The highest BCUT2D eigenvalue weighted by molar-refractivity contribution is 7.98. The molecule has 0 saturated carbocycles. The molecular formula is C16H20N6S. The van der Waals surface area contributed by atoms with Crippen molar-refractivity contribution in [2.45, 2.75) is 37.5 Å². The second-order valence-corrected chi connectivity index (χ2v) is 6.07. The summed E-state index contributed by atoms with van der Waals surface area (Å²) in [6, 6.07) is 12.3. The zero-order valence-corrected chi connectivity index (χ0v) is 13.9. The Balaban J connectivity index is 1.75. The van der Waals surface area contributed by atoms with Gasteiger partial charge in [-0.1, -0.05) is 42.1 Å². The summed E-state index contributed by atoms with van der Waals surface area (Å²) in [6.07, 6.45) is 2.00. The van der Waals surface area contributed by atoms with E-state index in [1.165, 1.54) is 5.56 Å². The summed E-state index contributed by atoms with van der Waals surface area (Å²) in [5, 5.41) is 13.9. The molecule has 0 bridgehead atoms. The Morgan fingerprint density at radius 3 is 2.65 bits per heavy atom. The first-order valence-corrected chi connectivity index (χ1v) is 8.60. The number of nitrogens with two attached hydrogens (primary N) is 1. The number of benzene rings is 1. The Labute approximate surface area is 139 Å². The van der Waals surface area contributed by atoms with Crippen molar-refractivity contribution in [2.24, 2.45) is 5.73 Å². The van der Waals surface area contributed by atoms with Gasteiger partial charge >= 0.3 is 0 Å². The van der Waals surface area contributed by atoms with Crippen LogP contribution in [0.4, 0.5) is 0 Å². The van der Waals surface area contributed by atoms with Crippen LogP contribution < -0.4 is 5.73 Å². The Morgan fingerprint density at radius 1 is 1.13 bits per heavy atom. The van der Waals surface area contributed by atoms with Crippen LogP contribution in [0.3, 0.4) is 0 Å². The lowest BCUT2D eigenvalue weighted by Crippen LogP contribution is -2.10. The van der Waals surface area contributed by atoms with Crippen LogP contribution >= 0.6 is 11.8 Å². The molecule has 0 fully saturated rings. The molecule has 6 nitrogen and oxygen atoms in total. The van der Waals surface area contributed by atoms with Crippen LogP contribution in [0, 0.1) is 0 Å². The Kier molecular flexibility index (Phi) is 5.09. The van der Waals surface area contributed by atoms with Crippen molar-refractivity contribution in [1.29, 1.82) is 0 Å². The third-order valence-corrected chi connectivity index (χ3v) is 4.53. The summed E-state index contributed by atoms with van der Waals surface area (Å²) in [6.45, 7) is 4.07. The van der Waals surface area contributed by atoms with E-state index in [0.717, 1.165) is 35.5 Å². The second-order valence-electron chi connectivity index (χ2n) is 5.13. The molecule has 2 aromatic heterocycles. The van der Waals surface area contributed by atoms with Crippen molar-refractivity contribution in [1.82, 2.24) is 24.5 Å². The van der Waals surface area contributed by atoms with Crippen molar-refractivity contribution in [2.75, 3.05) is 0 Å². The minimum Gasteiger partial charge on any atom is -0.324 e. The Hall–Kier alpha value is -2.12. The molecular weight excluding hydrogens is 308 g/mol. The van der Waals surface area contributed by atoms with E-state index in [2.05, 4.69) is 38.9 Å². The molecule has 2 N–H and O–H groups in total. The minimum atomic E-state index is 0.380. The van der Waals surface area contributed by atoms with Gasteiger partial charge in [0, 0.05) is 18.5 Å². The maximum absolute atomic E-state index is 5.80. The number of aromatic nitrogens is 5. The van der Waals surface area contributed by atoms with Gasteiger partial charge in [-0.05, 0) is 18.6 Å². The van der Waals surface area contributed by atoms with Crippen molar-refractivity contribution in [3.63, 3.8) is 0 Å². The molecule has 7 heteroatoms. The minimum absolute atomic E-state index is 0.380. The molecule has 0 unspecified atom stereocenters. The summed E-state index contributed by atoms with van der Waals surface area (Å²) in [5.74, 6) is 1.57. The summed E-state index contributed by atoms with van der Waals surface area (Å²) < 4.78 is 4.01. The highest BCUT2D eigenvalue weighted by atomic mass is 32.2. The van der Waals surface area contributed by atoms with Crippen molar-refractivity contribution in [3.05, 3.63) is 59.7 Å². The topological polar surface area (TPSA) is 74.6 Å². The van der Waals surface area contributed by atoms with Gasteiger partial charge in [-0.15, -0.1) is 10.2 Å². The first kappa shape index (κ1) is 15.8. The summed E-state index contributed by atoms with van der Waals surface area (Å²) >= 11 is 1.64. The normalized spacial score (nSPS) is 11.0. The third kappa shape index (κ3) is 3.80. The smallest absolute Gasteiger partial charge is 0.191 e. The largest absolute Gasteiger partial charge is 0.324 e. The fourth-order valence-corrected chi connectivity index (χ4v) is 3.15. The summed E-state index contributed by atoms with van der Waals surface area (Å²) in [7, 11) is 0. The molecule has 0 aliphatic rings. The second kappa shape index (κ2) is 7.43. The van der Waals surface area contributed by atoms with Crippen LogP contribution in [0.1, 0.15) is 24.0 Å². The van der Waals surface area contributed by atoms with Gasteiger partial charge in [0.25, 0.3) is 0 Å². The highest BCUT2D eigenvalue weighted by Gasteiger charge is 2.12. The quantitative estimate of drug-likeness (QED) is 0.674. The lowest BCUT2D eigenvalue weighted by molar-refractivity contribution is 0.651. The number of hydrogen-bond donors (Lipinski definition) is 1. The van der Waals surface area contributed by atoms with Gasteiger partial charge in [0.2, 0.25) is 0 Å². The van der Waals surface area contributed by atoms with Gasteiger partial charge in [-0.2, -0.15) is 5.10 Å². The van der Waals surface area contributed by atoms with Gasteiger partial charge < -0.3 is 10.3 Å². The molecule has 0 aliphatic heterocycles. The molecule has 0 amide bonds. The molecule has 1 aromatic carbocycles. The van der Waals surface area contributed by atoms with Crippen LogP contribution in [0.15, 0.2) is 47.8 Å². The fraction of sp³-hybridized carbons (Fsp3) is 0.312. The number of rotatable bonds is 7. The predicted molar refractivity (Wildman–Crippen MR) is 90.9 cm³/mol. The van der Waals surface area contributed by atoms with E-state index in [-0.39, 0.29) is 0 Å². The van der Waals surface area contributed by atoms with Crippen LogP contribution in [0.5, 0.6) is 0 Å². The van der Waals surface area contributed by atoms with Gasteiger partial charge in [0.15, 0.2) is 5.16 Å². The lowest BCUT2D eigenvalue weighted by Gasteiger charge is -2.09. The number of nitrogens with zero attached hydrogens (tertiary/aromatic N) is 5. The average molecular weight is 328 g/mol. The van der Waals surface area contributed by atoms with Crippen molar-refractivity contribution < 1.29 is 0 Å². The molecule has 0 aliphatic carbocycles. The van der Waals surface area contributed by atoms with Crippen LogP contribution in [0.2, 0.25) is 0 Å². The SMILES string of the molecule is CCn1ccc(CSc2nnc(CN)n2Cc2ccccc2)n1. The zero-order valence-electron chi connectivity index (χ0n) is 13.1. The van der Waals surface area contributed by atoms with Crippen LogP contribution in [0.25, 0.3) is 0 Å². The molecule has 0 atom stereocenters. The summed E-state index contributed by atoms with van der Waals surface area (Å²) in [4.78, 5) is 0. The number of aryl methyl sites for hydroxylation is 1. The van der Waals surface area contributed by atoms with Gasteiger partial charge in [-0.25, -0.2) is 0 Å². The molecule has 2 heterocycles. The molecule has 120 valence electrons. The lowest BCUT2D eigenvalue weighted by atomic mass is 10.2.